The smallest absolute Gasteiger partial charge is 0.136 e. The zero-order valence-corrected chi connectivity index (χ0v) is 14.0. The number of aliphatic hydroxyl groups is 1. The Labute approximate surface area is 138 Å². The van der Waals surface area contributed by atoms with E-state index in [0.717, 1.165) is 38.2 Å². The fourth-order valence-corrected chi connectivity index (χ4v) is 3.45. The topological polar surface area (TPSA) is 52.8 Å². The monoisotopic (exact) mass is 316 g/mol. The summed E-state index contributed by atoms with van der Waals surface area (Å²) in [5.74, 6) is 0. The van der Waals surface area contributed by atoms with Crippen molar-refractivity contribution < 1.29 is 5.11 Å². The molecule has 1 saturated heterocycles. The molecule has 5 heteroatoms. The van der Waals surface area contributed by atoms with Crippen LogP contribution in [0, 0.1) is 6.92 Å². The largest absolute Gasteiger partial charge is 0.395 e. The van der Waals surface area contributed by atoms with Crippen molar-refractivity contribution in [2.24, 2.45) is 0 Å². The summed E-state index contributed by atoms with van der Waals surface area (Å²) in [6.45, 7) is 6.56. The Hall–Kier alpha value is -1.43. The zero-order valence-electron chi connectivity index (χ0n) is 14.0. The summed E-state index contributed by atoms with van der Waals surface area (Å²) in [6, 6.07) is 4.56. The van der Waals surface area contributed by atoms with Crippen LogP contribution in [-0.4, -0.2) is 51.7 Å². The quantitative estimate of drug-likeness (QED) is 0.731. The summed E-state index contributed by atoms with van der Waals surface area (Å²) in [5.41, 5.74) is 3.47. The minimum absolute atomic E-state index is 0.311. The first-order valence-electron chi connectivity index (χ1n) is 8.76. The third-order valence-electron chi connectivity index (χ3n) is 4.79. The molecular formula is C18H28N4O. The summed E-state index contributed by atoms with van der Waals surface area (Å²) >= 11 is 0. The van der Waals surface area contributed by atoms with Crippen LogP contribution < -0.4 is 5.32 Å². The average Bonchev–Trinajstić information content (AvgIpc) is 3.17. The van der Waals surface area contributed by atoms with Crippen molar-refractivity contribution in [3.63, 3.8) is 0 Å². The molecule has 0 aliphatic carbocycles. The van der Waals surface area contributed by atoms with E-state index in [9.17, 15) is 5.11 Å². The molecule has 2 aromatic rings. The highest BCUT2D eigenvalue weighted by Crippen LogP contribution is 2.16. The summed E-state index contributed by atoms with van der Waals surface area (Å²) < 4.78 is 2.17. The first-order chi connectivity index (χ1) is 11.3. The molecule has 0 saturated carbocycles. The van der Waals surface area contributed by atoms with Crippen LogP contribution in [0.2, 0.25) is 0 Å². The maximum Gasteiger partial charge on any atom is 0.136 e. The van der Waals surface area contributed by atoms with Gasteiger partial charge in [0.15, 0.2) is 0 Å². The molecule has 3 heterocycles. The van der Waals surface area contributed by atoms with Gasteiger partial charge in [-0.15, -0.1) is 0 Å². The van der Waals surface area contributed by atoms with E-state index in [1.807, 2.05) is 6.20 Å². The van der Waals surface area contributed by atoms with Gasteiger partial charge in [0.2, 0.25) is 0 Å². The summed E-state index contributed by atoms with van der Waals surface area (Å²) in [6.07, 6.45) is 8.85. The van der Waals surface area contributed by atoms with Gasteiger partial charge in [-0.3, -0.25) is 4.90 Å². The first-order valence-corrected chi connectivity index (χ1v) is 8.76. The minimum Gasteiger partial charge on any atom is -0.395 e. The molecule has 2 aromatic heterocycles. The lowest BCUT2D eigenvalue weighted by Gasteiger charge is -2.22. The normalized spacial score (nSPS) is 19.0. The molecule has 1 aliphatic rings. The molecule has 0 amide bonds. The first kappa shape index (κ1) is 16.4. The Morgan fingerprint density at radius 3 is 3.13 bits per heavy atom. The molecule has 0 aromatic carbocycles. The lowest BCUT2D eigenvalue weighted by atomic mass is 10.2. The highest BCUT2D eigenvalue weighted by molar-refractivity contribution is 5.41. The second-order valence-electron chi connectivity index (χ2n) is 6.58. The maximum atomic E-state index is 9.33. The van der Waals surface area contributed by atoms with Gasteiger partial charge in [-0.2, -0.15) is 0 Å². The van der Waals surface area contributed by atoms with Crippen molar-refractivity contribution in [3.05, 3.63) is 35.8 Å². The van der Waals surface area contributed by atoms with Gasteiger partial charge in [0.05, 0.1) is 18.5 Å². The van der Waals surface area contributed by atoms with Crippen molar-refractivity contribution in [2.45, 2.75) is 45.2 Å². The van der Waals surface area contributed by atoms with E-state index in [1.54, 1.807) is 0 Å². The van der Waals surface area contributed by atoms with Gasteiger partial charge in [0.1, 0.15) is 5.65 Å². The van der Waals surface area contributed by atoms with Gasteiger partial charge >= 0.3 is 0 Å². The van der Waals surface area contributed by atoms with E-state index in [-0.39, 0.29) is 0 Å². The van der Waals surface area contributed by atoms with Crippen molar-refractivity contribution in [1.82, 2.24) is 19.6 Å². The average molecular weight is 316 g/mol. The van der Waals surface area contributed by atoms with Crippen LogP contribution in [0.5, 0.6) is 0 Å². The third-order valence-corrected chi connectivity index (χ3v) is 4.79. The molecule has 0 bridgehead atoms. The number of hydrogen-bond donors (Lipinski definition) is 2. The van der Waals surface area contributed by atoms with Crippen LogP contribution in [0.3, 0.4) is 0 Å². The molecule has 1 fully saturated rings. The molecule has 0 spiro atoms. The molecule has 2 N–H and O–H groups in total. The fourth-order valence-electron chi connectivity index (χ4n) is 3.45. The second-order valence-corrected chi connectivity index (χ2v) is 6.58. The Morgan fingerprint density at radius 1 is 1.35 bits per heavy atom. The number of aliphatic hydroxyl groups excluding tert-OH is 1. The number of aromatic nitrogens is 2. The standard InChI is InChI=1S/C18H28N4O/c1-15-6-7-18-20-12-17(22(18)13-15)11-19-8-2-3-9-21-10-4-5-16(21)14-23/h6-7,12-13,16,19,23H,2-5,8-11,14H2,1H3. The molecule has 1 unspecified atom stereocenters. The van der Waals surface area contributed by atoms with Crippen LogP contribution >= 0.6 is 0 Å². The molecule has 3 rings (SSSR count). The molecule has 126 valence electrons. The SMILES string of the molecule is Cc1ccc2ncc(CNCCCCN3CCCC3CO)n2c1. The Kier molecular flexibility index (Phi) is 5.65. The van der Waals surface area contributed by atoms with E-state index in [2.05, 4.69) is 44.9 Å². The number of hydrogen-bond acceptors (Lipinski definition) is 4. The van der Waals surface area contributed by atoms with E-state index < -0.39 is 0 Å². The summed E-state index contributed by atoms with van der Waals surface area (Å²) in [5, 5.41) is 12.8. The van der Waals surface area contributed by atoms with Crippen LogP contribution in [0.4, 0.5) is 0 Å². The summed E-state index contributed by atoms with van der Waals surface area (Å²) in [4.78, 5) is 6.88. The van der Waals surface area contributed by atoms with Gasteiger partial charge in [-0.05, 0) is 63.9 Å². The predicted molar refractivity (Wildman–Crippen MR) is 92.6 cm³/mol. The predicted octanol–water partition coefficient (Wildman–Crippen LogP) is 1.97. The Morgan fingerprint density at radius 2 is 2.26 bits per heavy atom. The molecule has 5 nitrogen and oxygen atoms in total. The lowest BCUT2D eigenvalue weighted by molar-refractivity contribution is 0.157. The van der Waals surface area contributed by atoms with Gasteiger partial charge in [-0.1, -0.05) is 6.07 Å². The lowest BCUT2D eigenvalue weighted by Crippen LogP contribution is -2.33. The Bertz CT molecular complexity index is 625. The second kappa shape index (κ2) is 7.90. The molecule has 1 atom stereocenters. The van der Waals surface area contributed by atoms with E-state index >= 15 is 0 Å². The number of nitrogens with one attached hydrogen (secondary N) is 1. The summed E-state index contributed by atoms with van der Waals surface area (Å²) in [7, 11) is 0. The number of pyridine rings is 1. The van der Waals surface area contributed by atoms with E-state index in [1.165, 1.54) is 30.5 Å². The number of aryl methyl sites for hydroxylation is 1. The number of rotatable bonds is 8. The van der Waals surface area contributed by atoms with Gasteiger partial charge in [0.25, 0.3) is 0 Å². The minimum atomic E-state index is 0.311. The van der Waals surface area contributed by atoms with E-state index in [4.69, 9.17) is 0 Å². The van der Waals surface area contributed by atoms with Crippen molar-refractivity contribution >= 4 is 5.65 Å². The van der Waals surface area contributed by atoms with E-state index in [0.29, 0.717) is 12.6 Å². The van der Waals surface area contributed by atoms with Gasteiger partial charge in [-0.25, -0.2) is 4.98 Å². The van der Waals surface area contributed by atoms with Crippen LogP contribution in [0.15, 0.2) is 24.5 Å². The van der Waals surface area contributed by atoms with Gasteiger partial charge < -0.3 is 14.8 Å². The molecular weight excluding hydrogens is 288 g/mol. The number of fused-ring (bicyclic) bond motifs is 1. The third kappa shape index (κ3) is 4.10. The van der Waals surface area contributed by atoms with Crippen LogP contribution in [0.25, 0.3) is 5.65 Å². The molecule has 0 radical (unpaired) electrons. The Balaban J connectivity index is 1.37. The molecule has 1 aliphatic heterocycles. The van der Waals surface area contributed by atoms with Crippen molar-refractivity contribution in [1.29, 1.82) is 0 Å². The molecule has 23 heavy (non-hydrogen) atoms. The van der Waals surface area contributed by atoms with Gasteiger partial charge in [0, 0.05) is 18.8 Å². The maximum absolute atomic E-state index is 9.33. The fraction of sp³-hybridized carbons (Fsp3) is 0.611. The van der Waals surface area contributed by atoms with Crippen molar-refractivity contribution in [3.8, 4) is 0 Å². The highest BCUT2D eigenvalue weighted by Gasteiger charge is 2.22. The van der Waals surface area contributed by atoms with Crippen LogP contribution in [-0.2, 0) is 6.54 Å². The number of likely N-dealkylation sites (tertiary alicyclic amines) is 1. The number of imidazole rings is 1. The highest BCUT2D eigenvalue weighted by atomic mass is 16.3. The number of nitrogens with zero attached hydrogens (tertiary/aromatic N) is 3. The number of unbranched alkanes of at least 4 members (excludes halogenated alkanes) is 1. The zero-order chi connectivity index (χ0) is 16.1. The van der Waals surface area contributed by atoms with Crippen molar-refractivity contribution in [2.75, 3.05) is 26.2 Å². The van der Waals surface area contributed by atoms with Crippen LogP contribution in [0.1, 0.15) is 36.9 Å².